The molecule has 3 aromatic carbocycles. The Kier molecular flexibility index (Phi) is 5.96. The molecular formula is C20H21ClN2O. The second-order valence-electron chi connectivity index (χ2n) is 5.63. The summed E-state index contributed by atoms with van der Waals surface area (Å²) in [6, 6.07) is 22.5. The summed E-state index contributed by atoms with van der Waals surface area (Å²) in [6.07, 6.45) is 0.296. The highest BCUT2D eigenvalue weighted by molar-refractivity contribution is 5.96. The van der Waals surface area contributed by atoms with Crippen LogP contribution in [0.3, 0.4) is 0 Å². The van der Waals surface area contributed by atoms with Gasteiger partial charge in [-0.3, -0.25) is 4.79 Å². The first kappa shape index (κ1) is 18.0. The molecule has 0 aliphatic rings. The fraction of sp³-hybridized carbons (Fsp3) is 0.150. The molecule has 0 saturated heterocycles. The molecule has 4 heteroatoms. The Morgan fingerprint density at radius 1 is 1.00 bits per heavy atom. The second-order valence-corrected chi connectivity index (χ2v) is 5.63. The number of carbonyl (C=O) groups excluding carboxylic acids is 1. The molecule has 1 atom stereocenters. The van der Waals surface area contributed by atoms with E-state index in [9.17, 15) is 4.79 Å². The van der Waals surface area contributed by atoms with E-state index in [2.05, 4.69) is 53.8 Å². The van der Waals surface area contributed by atoms with Gasteiger partial charge in [-0.25, -0.2) is 0 Å². The first-order valence-corrected chi connectivity index (χ1v) is 7.73. The van der Waals surface area contributed by atoms with Crippen molar-refractivity contribution in [3.05, 3.63) is 72.3 Å². The van der Waals surface area contributed by atoms with Gasteiger partial charge < -0.3 is 11.1 Å². The van der Waals surface area contributed by atoms with E-state index in [1.165, 1.54) is 16.3 Å². The van der Waals surface area contributed by atoms with Crippen molar-refractivity contribution in [1.82, 2.24) is 5.32 Å². The molecular weight excluding hydrogens is 320 g/mol. The Hall–Kier alpha value is -2.36. The molecule has 3 rings (SSSR count). The van der Waals surface area contributed by atoms with Crippen LogP contribution in [0.2, 0.25) is 0 Å². The van der Waals surface area contributed by atoms with Gasteiger partial charge in [-0.1, -0.05) is 66.7 Å². The van der Waals surface area contributed by atoms with E-state index in [1.54, 1.807) is 7.05 Å². The Labute approximate surface area is 148 Å². The van der Waals surface area contributed by atoms with Gasteiger partial charge in [-0.2, -0.15) is 0 Å². The number of amides is 1. The van der Waals surface area contributed by atoms with E-state index in [1.807, 2.05) is 18.2 Å². The molecule has 0 heterocycles. The molecule has 0 aliphatic heterocycles. The molecule has 3 aromatic rings. The van der Waals surface area contributed by atoms with Crippen LogP contribution in [0.25, 0.3) is 21.9 Å². The fourth-order valence-corrected chi connectivity index (χ4v) is 2.81. The zero-order valence-corrected chi connectivity index (χ0v) is 14.3. The lowest BCUT2D eigenvalue weighted by atomic mass is 9.96. The summed E-state index contributed by atoms with van der Waals surface area (Å²) in [5.41, 5.74) is 9.41. The summed E-state index contributed by atoms with van der Waals surface area (Å²) in [5, 5.41) is 5.06. The maximum Gasteiger partial charge on any atom is 0.221 e. The van der Waals surface area contributed by atoms with E-state index in [-0.39, 0.29) is 24.4 Å². The van der Waals surface area contributed by atoms with Crippen LogP contribution in [0.5, 0.6) is 0 Å². The number of benzene rings is 3. The molecule has 1 unspecified atom stereocenters. The highest BCUT2D eigenvalue weighted by atomic mass is 35.5. The molecule has 3 nitrogen and oxygen atoms in total. The summed E-state index contributed by atoms with van der Waals surface area (Å²) >= 11 is 0. The number of fused-ring (bicyclic) bond motifs is 1. The van der Waals surface area contributed by atoms with Crippen molar-refractivity contribution in [2.75, 3.05) is 7.05 Å². The Morgan fingerprint density at radius 3 is 2.38 bits per heavy atom. The van der Waals surface area contributed by atoms with Gasteiger partial charge in [0.15, 0.2) is 0 Å². The Morgan fingerprint density at radius 2 is 1.67 bits per heavy atom. The predicted molar refractivity (Wildman–Crippen MR) is 102 cm³/mol. The summed E-state index contributed by atoms with van der Waals surface area (Å²) in [4.78, 5) is 11.4. The molecule has 0 aliphatic carbocycles. The minimum Gasteiger partial charge on any atom is -0.359 e. The summed E-state index contributed by atoms with van der Waals surface area (Å²) in [7, 11) is 1.62. The number of halogens is 1. The third-order valence-corrected chi connectivity index (χ3v) is 4.12. The lowest BCUT2D eigenvalue weighted by Gasteiger charge is -2.12. The first-order valence-electron chi connectivity index (χ1n) is 7.73. The van der Waals surface area contributed by atoms with Gasteiger partial charge in [-0.05, 0) is 27.5 Å². The fourth-order valence-electron chi connectivity index (χ4n) is 2.81. The smallest absolute Gasteiger partial charge is 0.221 e. The Bertz CT molecular complexity index is 825. The molecule has 3 N–H and O–H groups in total. The number of rotatable bonds is 4. The highest BCUT2D eigenvalue weighted by Gasteiger charge is 2.11. The van der Waals surface area contributed by atoms with Crippen LogP contribution in [0, 0.1) is 0 Å². The maximum absolute atomic E-state index is 11.4. The molecule has 0 saturated carbocycles. The average molecular weight is 341 g/mol. The van der Waals surface area contributed by atoms with Crippen LogP contribution >= 0.6 is 12.4 Å². The number of hydrogen-bond acceptors (Lipinski definition) is 2. The van der Waals surface area contributed by atoms with Crippen molar-refractivity contribution in [2.24, 2.45) is 5.73 Å². The van der Waals surface area contributed by atoms with Gasteiger partial charge in [-0.15, -0.1) is 12.4 Å². The van der Waals surface area contributed by atoms with Crippen LogP contribution in [0.15, 0.2) is 66.7 Å². The topological polar surface area (TPSA) is 55.1 Å². The third kappa shape index (κ3) is 3.75. The summed E-state index contributed by atoms with van der Waals surface area (Å²) in [6.45, 7) is 0. The van der Waals surface area contributed by atoms with E-state index < -0.39 is 0 Å². The van der Waals surface area contributed by atoms with E-state index in [0.29, 0.717) is 6.42 Å². The van der Waals surface area contributed by atoms with Gasteiger partial charge in [0.1, 0.15) is 0 Å². The Balaban J connectivity index is 0.00000208. The predicted octanol–water partition coefficient (Wildman–Crippen LogP) is 4.06. The highest BCUT2D eigenvalue weighted by Crippen LogP contribution is 2.29. The van der Waals surface area contributed by atoms with E-state index >= 15 is 0 Å². The molecule has 0 aromatic heterocycles. The zero-order chi connectivity index (χ0) is 16.2. The van der Waals surface area contributed by atoms with Crippen LogP contribution < -0.4 is 11.1 Å². The maximum atomic E-state index is 11.4. The summed E-state index contributed by atoms with van der Waals surface area (Å²) < 4.78 is 0. The number of nitrogens with two attached hydrogens (primary N) is 1. The van der Waals surface area contributed by atoms with Crippen molar-refractivity contribution >= 4 is 29.1 Å². The molecule has 0 fully saturated rings. The van der Waals surface area contributed by atoms with Crippen molar-refractivity contribution in [3.8, 4) is 11.1 Å². The summed E-state index contributed by atoms with van der Waals surface area (Å²) in [5.74, 6) is -0.0457. The standard InChI is InChI=1S/C20H20N2O.ClH/c1-22-20(23)13-19(21)16-11-9-15(10-12-16)18-8-4-6-14-5-2-3-7-17(14)18;/h2-12,19H,13,21H2,1H3,(H,22,23);1H. The van der Waals surface area contributed by atoms with Gasteiger partial charge in [0.2, 0.25) is 5.91 Å². The molecule has 124 valence electrons. The van der Waals surface area contributed by atoms with Crippen LogP contribution in [-0.2, 0) is 4.79 Å². The van der Waals surface area contributed by atoms with Crippen LogP contribution in [-0.4, -0.2) is 13.0 Å². The van der Waals surface area contributed by atoms with E-state index in [0.717, 1.165) is 11.1 Å². The number of hydrogen-bond donors (Lipinski definition) is 2. The SMILES string of the molecule is CNC(=O)CC(N)c1ccc(-c2cccc3ccccc23)cc1.Cl. The van der Waals surface area contributed by atoms with Gasteiger partial charge in [0.05, 0.1) is 0 Å². The quantitative estimate of drug-likeness (QED) is 0.752. The van der Waals surface area contributed by atoms with Gasteiger partial charge >= 0.3 is 0 Å². The van der Waals surface area contributed by atoms with Gasteiger partial charge in [0.25, 0.3) is 0 Å². The average Bonchev–Trinajstić information content (AvgIpc) is 2.61. The molecule has 0 radical (unpaired) electrons. The minimum atomic E-state index is -0.281. The molecule has 24 heavy (non-hydrogen) atoms. The molecule has 1 amide bonds. The van der Waals surface area contributed by atoms with E-state index in [4.69, 9.17) is 5.73 Å². The van der Waals surface area contributed by atoms with Gasteiger partial charge in [0, 0.05) is 19.5 Å². The lowest BCUT2D eigenvalue weighted by molar-refractivity contribution is -0.120. The normalized spacial score (nSPS) is 11.6. The zero-order valence-electron chi connectivity index (χ0n) is 13.5. The number of carbonyl (C=O) groups is 1. The van der Waals surface area contributed by atoms with Crippen LogP contribution in [0.4, 0.5) is 0 Å². The molecule has 0 spiro atoms. The minimum absolute atomic E-state index is 0. The first-order chi connectivity index (χ1) is 11.2. The third-order valence-electron chi connectivity index (χ3n) is 4.12. The largest absolute Gasteiger partial charge is 0.359 e. The molecule has 0 bridgehead atoms. The number of nitrogens with one attached hydrogen (secondary N) is 1. The van der Waals surface area contributed by atoms with Crippen molar-refractivity contribution < 1.29 is 4.79 Å². The monoisotopic (exact) mass is 340 g/mol. The van der Waals surface area contributed by atoms with Crippen molar-refractivity contribution in [3.63, 3.8) is 0 Å². The van der Waals surface area contributed by atoms with Crippen LogP contribution in [0.1, 0.15) is 18.0 Å². The lowest BCUT2D eigenvalue weighted by Crippen LogP contribution is -2.24. The van der Waals surface area contributed by atoms with Crippen molar-refractivity contribution in [2.45, 2.75) is 12.5 Å². The second kappa shape index (κ2) is 7.95. The van der Waals surface area contributed by atoms with Crippen molar-refractivity contribution in [1.29, 1.82) is 0 Å².